The third-order valence-electron chi connectivity index (χ3n) is 7.15. The Bertz CT molecular complexity index is 1220. The van der Waals surface area contributed by atoms with E-state index in [0.29, 0.717) is 48.8 Å². The van der Waals surface area contributed by atoms with Gasteiger partial charge < -0.3 is 19.8 Å². The second-order valence-electron chi connectivity index (χ2n) is 10.3. The van der Waals surface area contributed by atoms with Crippen LogP contribution in [0.25, 0.3) is 11.1 Å². The highest BCUT2D eigenvalue weighted by Crippen LogP contribution is 2.29. The van der Waals surface area contributed by atoms with Gasteiger partial charge in [-0.1, -0.05) is 42.5 Å². The Morgan fingerprint density at radius 3 is 2.45 bits per heavy atom. The first-order valence-corrected chi connectivity index (χ1v) is 15.0. The monoisotopic (exact) mass is 537 g/mol. The second kappa shape index (κ2) is 12.8. The van der Waals surface area contributed by atoms with Crippen LogP contribution in [0.2, 0.25) is 0 Å². The summed E-state index contributed by atoms with van der Waals surface area (Å²) >= 11 is 0. The van der Waals surface area contributed by atoms with E-state index >= 15 is 0 Å². The number of para-hydroxylation sites is 2. The van der Waals surface area contributed by atoms with Crippen LogP contribution in [-0.4, -0.2) is 63.7 Å². The number of amides is 1. The summed E-state index contributed by atoms with van der Waals surface area (Å²) in [5.74, 6) is 0.649. The van der Waals surface area contributed by atoms with E-state index in [4.69, 9.17) is 9.15 Å². The van der Waals surface area contributed by atoms with Crippen molar-refractivity contribution in [2.24, 2.45) is 5.92 Å². The molecule has 2 N–H and O–H groups in total. The van der Waals surface area contributed by atoms with Gasteiger partial charge in [-0.15, -0.1) is 0 Å². The largest absolute Gasteiger partial charge is 0.434 e. The molecule has 9 heteroatoms. The fraction of sp³-hybridized carbons (Fsp3) is 0.483. The average Bonchev–Trinajstić information content (AvgIpc) is 3.64. The van der Waals surface area contributed by atoms with Gasteiger partial charge in [-0.2, -0.15) is 0 Å². The zero-order chi connectivity index (χ0) is 26.3. The Labute approximate surface area is 225 Å². The summed E-state index contributed by atoms with van der Waals surface area (Å²) in [7, 11) is -1.12. The molecule has 8 nitrogen and oxygen atoms in total. The molecule has 1 aliphatic heterocycles. The molecule has 202 valence electrons. The second-order valence-corrected chi connectivity index (χ2v) is 11.8. The lowest BCUT2D eigenvalue weighted by Gasteiger charge is -2.29. The van der Waals surface area contributed by atoms with Crippen molar-refractivity contribution < 1.29 is 23.0 Å². The van der Waals surface area contributed by atoms with Gasteiger partial charge in [-0.25, -0.2) is 4.98 Å². The molecule has 3 atom stereocenters. The number of oxazole rings is 1. The topological polar surface area (TPSA) is 111 Å². The molecule has 2 aromatic carbocycles. The molecule has 1 saturated carbocycles. The molecule has 3 aromatic rings. The van der Waals surface area contributed by atoms with Crippen LogP contribution in [-0.2, 0) is 26.8 Å². The maximum atomic E-state index is 13.6. The van der Waals surface area contributed by atoms with Gasteiger partial charge in [0.1, 0.15) is 5.52 Å². The summed E-state index contributed by atoms with van der Waals surface area (Å²) in [5, 5.41) is 6.40. The SMILES string of the molecule is O=C(N[C@@H](CCc1ccccc1)C(=O)c1nc2ccccc2o1)C(CS(=O)CC1CC1)NC1CCOCC1. The predicted octanol–water partition coefficient (Wildman–Crippen LogP) is 3.42. The van der Waals surface area contributed by atoms with Crippen LogP contribution in [0.4, 0.5) is 0 Å². The molecular formula is C29H35N3O5S. The fourth-order valence-corrected chi connectivity index (χ4v) is 6.39. The number of benzene rings is 2. The Morgan fingerprint density at radius 2 is 1.71 bits per heavy atom. The van der Waals surface area contributed by atoms with E-state index in [1.165, 1.54) is 0 Å². The van der Waals surface area contributed by atoms with Gasteiger partial charge in [0.2, 0.25) is 11.7 Å². The number of hydrogen-bond donors (Lipinski definition) is 2. The Hall–Kier alpha value is -2.88. The lowest BCUT2D eigenvalue weighted by molar-refractivity contribution is -0.123. The molecule has 1 aromatic heterocycles. The molecule has 0 bridgehead atoms. The number of nitrogens with zero attached hydrogens (tertiary/aromatic N) is 1. The number of ketones is 1. The molecule has 2 fully saturated rings. The lowest BCUT2D eigenvalue weighted by atomic mass is 10.0. The number of aromatic nitrogens is 1. The Kier molecular flexibility index (Phi) is 8.98. The van der Waals surface area contributed by atoms with Gasteiger partial charge in [0.15, 0.2) is 5.58 Å². The van der Waals surface area contributed by atoms with Gasteiger partial charge in [0, 0.05) is 41.6 Å². The molecule has 0 spiro atoms. The minimum Gasteiger partial charge on any atom is -0.434 e. The predicted molar refractivity (Wildman–Crippen MR) is 146 cm³/mol. The summed E-state index contributed by atoms with van der Waals surface area (Å²) < 4.78 is 24.1. The standard InChI is InChI=1S/C29H35N3O5S/c33-27(29-32-23-8-4-5-9-26(23)37-29)24(13-12-20-6-2-1-3-7-20)31-28(34)25(19-38(35)18-21-10-11-21)30-22-14-16-36-17-15-22/h1-9,21-22,24-25,30H,10-19H2,(H,31,34)/t24-,25?,38?/m0/s1. The number of aryl methyl sites for hydroxylation is 1. The zero-order valence-corrected chi connectivity index (χ0v) is 22.3. The number of Topliss-reactive ketones (excluding diaryl/α,β-unsaturated/α-hetero) is 1. The van der Waals surface area contributed by atoms with E-state index in [0.717, 1.165) is 31.2 Å². The maximum Gasteiger partial charge on any atom is 0.266 e. The number of nitrogens with one attached hydrogen (secondary N) is 2. The van der Waals surface area contributed by atoms with E-state index in [-0.39, 0.29) is 29.4 Å². The first kappa shape index (κ1) is 26.7. The van der Waals surface area contributed by atoms with Crippen molar-refractivity contribution in [3.8, 4) is 0 Å². The fourth-order valence-electron chi connectivity index (χ4n) is 4.77. The van der Waals surface area contributed by atoms with Gasteiger partial charge in [-0.3, -0.25) is 13.8 Å². The van der Waals surface area contributed by atoms with Gasteiger partial charge >= 0.3 is 0 Å². The van der Waals surface area contributed by atoms with Crippen LogP contribution in [0.3, 0.4) is 0 Å². The molecular weight excluding hydrogens is 502 g/mol. The van der Waals surface area contributed by atoms with Gasteiger partial charge in [0.05, 0.1) is 12.1 Å². The molecule has 38 heavy (non-hydrogen) atoms. The maximum absolute atomic E-state index is 13.6. The normalized spacial score (nSPS) is 18.6. The highest BCUT2D eigenvalue weighted by atomic mass is 32.2. The lowest BCUT2D eigenvalue weighted by Crippen LogP contribution is -2.55. The first-order valence-electron chi connectivity index (χ1n) is 13.5. The molecule has 2 heterocycles. The third-order valence-corrected chi connectivity index (χ3v) is 8.70. The number of hydrogen-bond acceptors (Lipinski definition) is 7. The smallest absolute Gasteiger partial charge is 0.266 e. The molecule has 2 aliphatic rings. The van der Waals surface area contributed by atoms with Crippen LogP contribution in [0.1, 0.15) is 48.4 Å². The first-order chi connectivity index (χ1) is 18.5. The number of rotatable bonds is 13. The average molecular weight is 538 g/mol. The van der Waals surface area contributed by atoms with E-state index < -0.39 is 22.9 Å². The van der Waals surface area contributed by atoms with Crippen molar-refractivity contribution in [1.29, 1.82) is 0 Å². The summed E-state index contributed by atoms with van der Waals surface area (Å²) in [6.45, 7) is 1.26. The Balaban J connectivity index is 1.33. The molecule has 1 aliphatic carbocycles. The van der Waals surface area contributed by atoms with Gasteiger partial charge in [-0.05, 0) is 62.1 Å². The third kappa shape index (κ3) is 7.36. The van der Waals surface area contributed by atoms with Gasteiger partial charge in [0.25, 0.3) is 5.89 Å². The quantitative estimate of drug-likeness (QED) is 0.322. The summed E-state index contributed by atoms with van der Waals surface area (Å²) in [6.07, 6.45) is 4.79. The summed E-state index contributed by atoms with van der Waals surface area (Å²) in [6, 6.07) is 15.7. The minimum absolute atomic E-state index is 0.0178. The molecule has 0 radical (unpaired) electrons. The minimum atomic E-state index is -1.12. The van der Waals surface area contributed by atoms with Crippen molar-refractivity contribution in [2.75, 3.05) is 24.7 Å². The van der Waals surface area contributed by atoms with E-state index in [2.05, 4.69) is 15.6 Å². The van der Waals surface area contributed by atoms with Crippen molar-refractivity contribution >= 4 is 33.6 Å². The summed E-state index contributed by atoms with van der Waals surface area (Å²) in [5.41, 5.74) is 2.19. The number of ether oxygens (including phenoxy) is 1. The molecule has 5 rings (SSSR count). The molecule has 1 saturated heterocycles. The number of carbonyl (C=O) groups is 2. The van der Waals surface area contributed by atoms with Crippen LogP contribution in [0.5, 0.6) is 0 Å². The van der Waals surface area contributed by atoms with Crippen LogP contribution in [0.15, 0.2) is 59.0 Å². The van der Waals surface area contributed by atoms with E-state index in [9.17, 15) is 13.8 Å². The van der Waals surface area contributed by atoms with Crippen LogP contribution >= 0.6 is 0 Å². The van der Waals surface area contributed by atoms with Crippen LogP contribution in [0, 0.1) is 5.92 Å². The van der Waals surface area contributed by atoms with E-state index in [1.807, 2.05) is 42.5 Å². The summed E-state index contributed by atoms with van der Waals surface area (Å²) in [4.78, 5) is 31.6. The van der Waals surface area contributed by atoms with Crippen molar-refractivity contribution in [3.05, 3.63) is 66.1 Å². The highest BCUT2D eigenvalue weighted by Gasteiger charge is 2.32. The van der Waals surface area contributed by atoms with Crippen molar-refractivity contribution in [2.45, 2.75) is 56.7 Å². The number of fused-ring (bicyclic) bond motifs is 1. The molecule has 1 amide bonds. The number of carbonyl (C=O) groups excluding carboxylic acids is 2. The molecule has 2 unspecified atom stereocenters. The van der Waals surface area contributed by atoms with Crippen molar-refractivity contribution in [3.63, 3.8) is 0 Å². The zero-order valence-electron chi connectivity index (χ0n) is 21.5. The van der Waals surface area contributed by atoms with Crippen LogP contribution < -0.4 is 10.6 Å². The highest BCUT2D eigenvalue weighted by molar-refractivity contribution is 7.85. The van der Waals surface area contributed by atoms with E-state index in [1.54, 1.807) is 12.1 Å². The Morgan fingerprint density at radius 1 is 0.974 bits per heavy atom. The van der Waals surface area contributed by atoms with Crippen molar-refractivity contribution in [1.82, 2.24) is 15.6 Å².